The molecule has 1 aliphatic heterocycles. The van der Waals surface area contributed by atoms with E-state index >= 15 is 0 Å². The van der Waals surface area contributed by atoms with E-state index < -0.39 is 0 Å². The van der Waals surface area contributed by atoms with Crippen LogP contribution in [0.1, 0.15) is 18.4 Å². The fourth-order valence-electron chi connectivity index (χ4n) is 2.51. The largest absolute Gasteiger partial charge is 0.497 e. The summed E-state index contributed by atoms with van der Waals surface area (Å²) in [5, 5.41) is 9.19. The number of nitrogens with zero attached hydrogens (tertiary/aromatic N) is 1. The van der Waals surface area contributed by atoms with Gasteiger partial charge in [-0.2, -0.15) is 0 Å². The Bertz CT molecular complexity index is 433. The van der Waals surface area contributed by atoms with Crippen LogP contribution in [0.15, 0.2) is 24.3 Å². The van der Waals surface area contributed by atoms with Crippen LogP contribution < -0.4 is 4.74 Å². The van der Waals surface area contributed by atoms with Crippen molar-refractivity contribution >= 4 is 5.91 Å². The number of aliphatic hydroxyl groups is 1. The molecule has 19 heavy (non-hydrogen) atoms. The number of rotatable bonds is 4. The summed E-state index contributed by atoms with van der Waals surface area (Å²) in [6.07, 6.45) is 2.39. The van der Waals surface area contributed by atoms with Crippen LogP contribution in [-0.2, 0) is 11.2 Å². The van der Waals surface area contributed by atoms with Crippen molar-refractivity contribution in [3.8, 4) is 5.75 Å². The molecule has 104 valence electrons. The molecule has 1 aromatic carbocycles. The summed E-state index contributed by atoms with van der Waals surface area (Å²) in [6.45, 7) is 1.65. The lowest BCUT2D eigenvalue weighted by molar-refractivity contribution is -0.132. The molecule has 1 N–H and O–H groups in total. The van der Waals surface area contributed by atoms with Gasteiger partial charge in [-0.1, -0.05) is 12.1 Å². The number of carbonyl (C=O) groups is 1. The van der Waals surface area contributed by atoms with E-state index in [1.165, 1.54) is 0 Å². The third-order valence-corrected chi connectivity index (χ3v) is 3.62. The zero-order valence-electron chi connectivity index (χ0n) is 11.3. The molecule has 1 aliphatic rings. The Morgan fingerprint density at radius 1 is 1.53 bits per heavy atom. The first-order valence-electron chi connectivity index (χ1n) is 6.74. The van der Waals surface area contributed by atoms with E-state index in [9.17, 15) is 9.90 Å². The van der Waals surface area contributed by atoms with Crippen molar-refractivity contribution in [1.29, 1.82) is 0 Å². The molecule has 1 heterocycles. The molecule has 1 unspecified atom stereocenters. The van der Waals surface area contributed by atoms with Gasteiger partial charge in [0, 0.05) is 19.7 Å². The maximum Gasteiger partial charge on any atom is 0.227 e. The molecule has 1 atom stereocenters. The van der Waals surface area contributed by atoms with Crippen LogP contribution in [0, 0.1) is 5.92 Å². The summed E-state index contributed by atoms with van der Waals surface area (Å²) in [7, 11) is 1.62. The summed E-state index contributed by atoms with van der Waals surface area (Å²) in [4.78, 5) is 14.1. The van der Waals surface area contributed by atoms with E-state index in [4.69, 9.17) is 4.74 Å². The number of amides is 1. The Morgan fingerprint density at radius 2 is 2.37 bits per heavy atom. The number of hydrogen-bond donors (Lipinski definition) is 1. The fourth-order valence-corrected chi connectivity index (χ4v) is 2.51. The topological polar surface area (TPSA) is 49.8 Å². The Labute approximate surface area is 114 Å². The predicted octanol–water partition coefficient (Wildman–Crippen LogP) is 1.47. The van der Waals surface area contributed by atoms with Gasteiger partial charge in [0.2, 0.25) is 5.91 Å². The monoisotopic (exact) mass is 263 g/mol. The van der Waals surface area contributed by atoms with Gasteiger partial charge in [0.1, 0.15) is 5.75 Å². The van der Waals surface area contributed by atoms with E-state index in [1.807, 2.05) is 29.2 Å². The molecule has 0 aliphatic carbocycles. The van der Waals surface area contributed by atoms with Gasteiger partial charge in [0.15, 0.2) is 0 Å². The molecular formula is C15H21NO3. The first-order chi connectivity index (χ1) is 9.22. The molecule has 4 nitrogen and oxygen atoms in total. The van der Waals surface area contributed by atoms with E-state index in [0.29, 0.717) is 13.0 Å². The number of piperidine rings is 1. The molecule has 2 rings (SSSR count). The summed E-state index contributed by atoms with van der Waals surface area (Å²) >= 11 is 0. The zero-order valence-corrected chi connectivity index (χ0v) is 11.3. The van der Waals surface area contributed by atoms with E-state index in [1.54, 1.807) is 7.11 Å². The Hall–Kier alpha value is -1.55. The second-order valence-electron chi connectivity index (χ2n) is 5.06. The Balaban J connectivity index is 1.96. The Kier molecular flexibility index (Phi) is 4.80. The van der Waals surface area contributed by atoms with Crippen molar-refractivity contribution in [2.75, 3.05) is 26.8 Å². The molecule has 1 aromatic rings. The average Bonchev–Trinajstić information content (AvgIpc) is 2.47. The molecule has 1 fully saturated rings. The second-order valence-corrected chi connectivity index (χ2v) is 5.06. The van der Waals surface area contributed by atoms with Gasteiger partial charge >= 0.3 is 0 Å². The van der Waals surface area contributed by atoms with Gasteiger partial charge < -0.3 is 14.7 Å². The standard InChI is InChI=1S/C15H21NO3/c1-19-14-6-2-4-12(8-14)9-15(18)16-7-3-5-13(10-16)11-17/h2,4,6,8,13,17H,3,5,7,9-11H2,1H3. The average molecular weight is 263 g/mol. The van der Waals surface area contributed by atoms with Crippen molar-refractivity contribution in [2.24, 2.45) is 5.92 Å². The maximum atomic E-state index is 12.2. The summed E-state index contributed by atoms with van der Waals surface area (Å²) in [5.74, 6) is 1.14. The molecular weight excluding hydrogens is 242 g/mol. The molecule has 1 saturated heterocycles. The third-order valence-electron chi connectivity index (χ3n) is 3.62. The van der Waals surface area contributed by atoms with Crippen LogP contribution in [-0.4, -0.2) is 42.7 Å². The van der Waals surface area contributed by atoms with Crippen LogP contribution in [0.3, 0.4) is 0 Å². The molecule has 1 amide bonds. The minimum atomic E-state index is 0.131. The number of benzene rings is 1. The zero-order chi connectivity index (χ0) is 13.7. The molecule has 0 aromatic heterocycles. The molecule has 0 saturated carbocycles. The number of methoxy groups -OCH3 is 1. The minimum Gasteiger partial charge on any atom is -0.497 e. The normalized spacial score (nSPS) is 19.3. The summed E-state index contributed by atoms with van der Waals surface area (Å²) in [6, 6.07) is 7.60. The number of aliphatic hydroxyl groups excluding tert-OH is 1. The van der Waals surface area contributed by atoms with Crippen LogP contribution in [0.5, 0.6) is 5.75 Å². The fraction of sp³-hybridized carbons (Fsp3) is 0.533. The van der Waals surface area contributed by atoms with Crippen molar-refractivity contribution < 1.29 is 14.6 Å². The van der Waals surface area contributed by atoms with Gasteiger partial charge in [0.05, 0.1) is 13.5 Å². The van der Waals surface area contributed by atoms with E-state index in [-0.39, 0.29) is 18.4 Å². The molecule has 4 heteroatoms. The molecule has 0 bridgehead atoms. The van der Waals surface area contributed by atoms with Gasteiger partial charge in [-0.05, 0) is 36.5 Å². The van der Waals surface area contributed by atoms with E-state index in [2.05, 4.69) is 0 Å². The summed E-state index contributed by atoms with van der Waals surface area (Å²) in [5.41, 5.74) is 0.968. The van der Waals surface area contributed by atoms with Gasteiger partial charge in [-0.3, -0.25) is 4.79 Å². The van der Waals surface area contributed by atoms with Crippen molar-refractivity contribution in [1.82, 2.24) is 4.90 Å². The van der Waals surface area contributed by atoms with Crippen LogP contribution >= 0.6 is 0 Å². The highest BCUT2D eigenvalue weighted by atomic mass is 16.5. The van der Waals surface area contributed by atoms with Crippen LogP contribution in [0.2, 0.25) is 0 Å². The lowest BCUT2D eigenvalue weighted by Gasteiger charge is -2.32. The number of carbonyl (C=O) groups excluding carboxylic acids is 1. The highest BCUT2D eigenvalue weighted by molar-refractivity contribution is 5.79. The Morgan fingerprint density at radius 3 is 3.11 bits per heavy atom. The third kappa shape index (κ3) is 3.70. The van der Waals surface area contributed by atoms with Gasteiger partial charge in [-0.25, -0.2) is 0 Å². The smallest absolute Gasteiger partial charge is 0.227 e. The predicted molar refractivity (Wildman–Crippen MR) is 73.1 cm³/mol. The second kappa shape index (κ2) is 6.57. The van der Waals surface area contributed by atoms with Crippen molar-refractivity contribution in [2.45, 2.75) is 19.3 Å². The number of likely N-dealkylation sites (tertiary alicyclic amines) is 1. The molecule has 0 spiro atoms. The molecule has 0 radical (unpaired) electrons. The van der Waals surface area contributed by atoms with Gasteiger partial charge in [-0.15, -0.1) is 0 Å². The minimum absolute atomic E-state index is 0.131. The SMILES string of the molecule is COc1cccc(CC(=O)N2CCCC(CO)C2)c1. The lowest BCUT2D eigenvalue weighted by atomic mass is 9.98. The highest BCUT2D eigenvalue weighted by Crippen LogP contribution is 2.18. The van der Waals surface area contributed by atoms with E-state index in [0.717, 1.165) is 30.7 Å². The lowest BCUT2D eigenvalue weighted by Crippen LogP contribution is -2.41. The number of hydrogen-bond acceptors (Lipinski definition) is 3. The van der Waals surface area contributed by atoms with Crippen LogP contribution in [0.25, 0.3) is 0 Å². The van der Waals surface area contributed by atoms with Crippen molar-refractivity contribution in [3.05, 3.63) is 29.8 Å². The summed E-state index contributed by atoms with van der Waals surface area (Å²) < 4.78 is 5.16. The highest BCUT2D eigenvalue weighted by Gasteiger charge is 2.23. The quantitative estimate of drug-likeness (QED) is 0.895. The van der Waals surface area contributed by atoms with Crippen molar-refractivity contribution in [3.63, 3.8) is 0 Å². The van der Waals surface area contributed by atoms with Crippen LogP contribution in [0.4, 0.5) is 0 Å². The first-order valence-corrected chi connectivity index (χ1v) is 6.74. The number of ether oxygens (including phenoxy) is 1. The maximum absolute atomic E-state index is 12.2. The first kappa shape index (κ1) is 13.9. The van der Waals surface area contributed by atoms with Gasteiger partial charge in [0.25, 0.3) is 0 Å².